The molecule has 2 unspecified atom stereocenters. The molecule has 0 aromatic heterocycles. The normalized spacial score (nSPS) is 24.3. The Bertz CT molecular complexity index is 483. The van der Waals surface area contributed by atoms with Gasteiger partial charge in [0.2, 0.25) is 0 Å². The fourth-order valence-corrected chi connectivity index (χ4v) is 3.99. The van der Waals surface area contributed by atoms with Crippen LogP contribution in [0.1, 0.15) is 59.1 Å². The number of rotatable bonds is 5. The first kappa shape index (κ1) is 18.4. The van der Waals surface area contributed by atoms with Crippen molar-refractivity contribution >= 4 is 0 Å². The number of aliphatic hydroxyl groups is 2. The van der Waals surface area contributed by atoms with Gasteiger partial charge in [-0.15, -0.1) is 0 Å². The molecule has 0 saturated carbocycles. The van der Waals surface area contributed by atoms with E-state index in [0.29, 0.717) is 0 Å². The van der Waals surface area contributed by atoms with Gasteiger partial charge >= 0.3 is 0 Å². The fraction of sp³-hybridized carbons (Fsp3) is 0.684. The van der Waals surface area contributed by atoms with E-state index in [4.69, 9.17) is 4.84 Å². The second-order valence-electron chi connectivity index (χ2n) is 8.00. The van der Waals surface area contributed by atoms with Crippen molar-refractivity contribution in [1.82, 2.24) is 5.06 Å². The van der Waals surface area contributed by atoms with E-state index in [-0.39, 0.29) is 29.7 Å². The molecule has 1 saturated heterocycles. The molecule has 0 spiro atoms. The van der Waals surface area contributed by atoms with Crippen molar-refractivity contribution in [2.75, 3.05) is 6.61 Å². The molecule has 23 heavy (non-hydrogen) atoms. The summed E-state index contributed by atoms with van der Waals surface area (Å²) in [5, 5.41) is 21.5. The Morgan fingerprint density at radius 2 is 1.65 bits per heavy atom. The SMILES string of the molecule is CC(ON1C(C)(C)CC(C(O)CO)CC1(C)C)c1ccccc1. The molecule has 1 aliphatic rings. The van der Waals surface area contributed by atoms with Crippen LogP contribution >= 0.6 is 0 Å². The third-order valence-corrected chi connectivity index (χ3v) is 4.89. The number of piperidine rings is 1. The summed E-state index contributed by atoms with van der Waals surface area (Å²) >= 11 is 0. The first-order valence-corrected chi connectivity index (χ1v) is 8.48. The Kier molecular flexibility index (Phi) is 5.52. The van der Waals surface area contributed by atoms with Crippen molar-refractivity contribution in [3.05, 3.63) is 35.9 Å². The lowest BCUT2D eigenvalue weighted by atomic mass is 9.73. The predicted octanol–water partition coefficient (Wildman–Crippen LogP) is 3.30. The summed E-state index contributed by atoms with van der Waals surface area (Å²) in [7, 11) is 0. The van der Waals surface area contributed by atoms with Gasteiger partial charge in [0.25, 0.3) is 0 Å². The molecule has 0 amide bonds. The van der Waals surface area contributed by atoms with E-state index in [2.05, 4.69) is 51.8 Å². The zero-order valence-electron chi connectivity index (χ0n) is 15.0. The average molecular weight is 321 g/mol. The number of hydrogen-bond donors (Lipinski definition) is 2. The summed E-state index contributed by atoms with van der Waals surface area (Å²) < 4.78 is 0. The minimum Gasteiger partial charge on any atom is -0.394 e. The van der Waals surface area contributed by atoms with E-state index < -0.39 is 6.10 Å². The van der Waals surface area contributed by atoms with Crippen molar-refractivity contribution in [3.63, 3.8) is 0 Å². The lowest BCUT2D eigenvalue weighted by Gasteiger charge is -2.55. The molecule has 1 heterocycles. The summed E-state index contributed by atoms with van der Waals surface area (Å²) in [6, 6.07) is 10.2. The number of nitrogens with zero attached hydrogens (tertiary/aromatic N) is 1. The number of aliphatic hydroxyl groups excluding tert-OH is 2. The monoisotopic (exact) mass is 321 g/mol. The molecule has 2 rings (SSSR count). The largest absolute Gasteiger partial charge is 0.394 e. The molecular formula is C19H31NO3. The van der Waals surface area contributed by atoms with Crippen LogP contribution < -0.4 is 0 Å². The van der Waals surface area contributed by atoms with E-state index in [9.17, 15) is 10.2 Å². The van der Waals surface area contributed by atoms with E-state index in [1.807, 2.05) is 18.2 Å². The van der Waals surface area contributed by atoms with E-state index in [1.54, 1.807) is 0 Å². The van der Waals surface area contributed by atoms with Crippen LogP contribution in [0.2, 0.25) is 0 Å². The van der Waals surface area contributed by atoms with Gasteiger partial charge in [0.1, 0.15) is 6.10 Å². The first-order chi connectivity index (χ1) is 10.7. The Morgan fingerprint density at radius 1 is 1.13 bits per heavy atom. The fourth-order valence-electron chi connectivity index (χ4n) is 3.99. The Balaban J connectivity index is 2.17. The Morgan fingerprint density at radius 3 is 2.13 bits per heavy atom. The highest BCUT2D eigenvalue weighted by Crippen LogP contribution is 2.44. The van der Waals surface area contributed by atoms with Crippen molar-refractivity contribution in [2.24, 2.45) is 5.92 Å². The maximum Gasteiger partial charge on any atom is 0.102 e. The van der Waals surface area contributed by atoms with Crippen LogP contribution in [0.15, 0.2) is 30.3 Å². The molecule has 0 aliphatic carbocycles. The minimum atomic E-state index is -0.665. The van der Waals surface area contributed by atoms with Crippen LogP contribution in [-0.4, -0.2) is 39.1 Å². The topological polar surface area (TPSA) is 52.9 Å². The van der Waals surface area contributed by atoms with Gasteiger partial charge < -0.3 is 10.2 Å². The second kappa shape index (κ2) is 6.89. The van der Waals surface area contributed by atoms with Gasteiger partial charge in [0.05, 0.1) is 12.7 Å². The smallest absolute Gasteiger partial charge is 0.102 e. The molecule has 4 nitrogen and oxygen atoms in total. The van der Waals surface area contributed by atoms with Crippen LogP contribution in [-0.2, 0) is 4.84 Å². The van der Waals surface area contributed by atoms with Crippen LogP contribution in [0.5, 0.6) is 0 Å². The lowest BCUT2D eigenvalue weighted by molar-refractivity contribution is -0.313. The zero-order valence-corrected chi connectivity index (χ0v) is 15.0. The molecule has 4 heteroatoms. The van der Waals surface area contributed by atoms with Crippen LogP contribution in [0.3, 0.4) is 0 Å². The van der Waals surface area contributed by atoms with Crippen molar-refractivity contribution in [2.45, 2.75) is 70.7 Å². The van der Waals surface area contributed by atoms with Crippen molar-refractivity contribution in [3.8, 4) is 0 Å². The van der Waals surface area contributed by atoms with Gasteiger partial charge in [0, 0.05) is 11.1 Å². The molecule has 0 radical (unpaired) electrons. The lowest BCUT2D eigenvalue weighted by Crippen LogP contribution is -2.61. The predicted molar refractivity (Wildman–Crippen MR) is 91.8 cm³/mol. The zero-order chi connectivity index (χ0) is 17.3. The maximum absolute atomic E-state index is 10.1. The van der Waals surface area contributed by atoms with Gasteiger partial charge in [0.15, 0.2) is 0 Å². The quantitative estimate of drug-likeness (QED) is 0.874. The van der Waals surface area contributed by atoms with Crippen LogP contribution in [0, 0.1) is 5.92 Å². The number of hydroxylamine groups is 2. The third kappa shape index (κ3) is 4.13. The van der Waals surface area contributed by atoms with Crippen LogP contribution in [0.4, 0.5) is 0 Å². The number of hydrogen-bond acceptors (Lipinski definition) is 4. The van der Waals surface area contributed by atoms with E-state index in [0.717, 1.165) is 18.4 Å². The van der Waals surface area contributed by atoms with Gasteiger partial charge in [-0.25, -0.2) is 0 Å². The maximum atomic E-state index is 10.1. The Labute approximate surface area is 140 Å². The first-order valence-electron chi connectivity index (χ1n) is 8.48. The van der Waals surface area contributed by atoms with Gasteiger partial charge in [-0.2, -0.15) is 5.06 Å². The second-order valence-corrected chi connectivity index (χ2v) is 8.00. The molecule has 130 valence electrons. The van der Waals surface area contributed by atoms with Crippen molar-refractivity contribution < 1.29 is 15.1 Å². The summed E-state index contributed by atoms with van der Waals surface area (Å²) in [6.07, 6.45) is 0.885. The van der Waals surface area contributed by atoms with Crippen molar-refractivity contribution in [1.29, 1.82) is 0 Å². The van der Waals surface area contributed by atoms with E-state index >= 15 is 0 Å². The minimum absolute atomic E-state index is 0.0333. The molecule has 1 aliphatic heterocycles. The standard InChI is InChI=1S/C19H31NO3/c1-14(15-9-7-6-8-10-15)23-20-18(2,3)11-16(17(22)13-21)12-19(20,4)5/h6-10,14,16-17,21-22H,11-13H2,1-5H3. The highest BCUT2D eigenvalue weighted by Gasteiger charge is 2.48. The summed E-state index contributed by atoms with van der Waals surface area (Å²) in [5.41, 5.74) is 0.716. The average Bonchev–Trinajstić information content (AvgIpc) is 2.49. The molecule has 2 atom stereocenters. The third-order valence-electron chi connectivity index (χ3n) is 4.89. The molecular weight excluding hydrogens is 290 g/mol. The molecule has 0 bridgehead atoms. The molecule has 2 N–H and O–H groups in total. The molecule has 1 fully saturated rings. The number of benzene rings is 1. The van der Waals surface area contributed by atoms with Gasteiger partial charge in [-0.3, -0.25) is 4.84 Å². The summed E-state index contributed by atoms with van der Waals surface area (Å²) in [5.74, 6) is 0.0804. The summed E-state index contributed by atoms with van der Waals surface area (Å²) in [4.78, 5) is 6.36. The van der Waals surface area contributed by atoms with E-state index in [1.165, 1.54) is 0 Å². The molecule has 1 aromatic rings. The Hall–Kier alpha value is -0.940. The van der Waals surface area contributed by atoms with Gasteiger partial charge in [-0.05, 0) is 58.9 Å². The van der Waals surface area contributed by atoms with Gasteiger partial charge in [-0.1, -0.05) is 30.3 Å². The summed E-state index contributed by atoms with van der Waals surface area (Å²) in [6.45, 7) is 10.4. The highest BCUT2D eigenvalue weighted by molar-refractivity contribution is 5.17. The highest BCUT2D eigenvalue weighted by atomic mass is 16.7. The van der Waals surface area contributed by atoms with Crippen LogP contribution in [0.25, 0.3) is 0 Å². The molecule has 1 aromatic carbocycles.